The van der Waals surface area contributed by atoms with Gasteiger partial charge >= 0.3 is 0 Å². The van der Waals surface area contributed by atoms with E-state index in [1.807, 2.05) is 11.8 Å². The van der Waals surface area contributed by atoms with Crippen LogP contribution in [0.4, 0.5) is 11.6 Å². The number of amides is 1. The lowest BCUT2D eigenvalue weighted by Crippen LogP contribution is -2.39. The van der Waals surface area contributed by atoms with Crippen molar-refractivity contribution in [3.8, 4) is 0 Å². The Morgan fingerprint density at radius 3 is 2.84 bits per heavy atom. The number of hydrogen-bond acceptors (Lipinski definition) is 4. The summed E-state index contributed by atoms with van der Waals surface area (Å²) in [7, 11) is 1.64. The normalized spacial score (nSPS) is 22.6. The third kappa shape index (κ3) is 2.58. The van der Waals surface area contributed by atoms with E-state index >= 15 is 0 Å². The highest BCUT2D eigenvalue weighted by Gasteiger charge is 2.40. The summed E-state index contributed by atoms with van der Waals surface area (Å²) in [5.74, 6) is 0.846. The molecular weight excluding hydrogens is 287 g/mol. The molecule has 0 aliphatic carbocycles. The van der Waals surface area contributed by atoms with Gasteiger partial charge in [0, 0.05) is 20.1 Å². The second-order valence-electron chi connectivity index (χ2n) is 4.97. The predicted octanol–water partition coefficient (Wildman–Crippen LogP) is 1.93. The minimum atomic E-state index is -0.436. The molecule has 1 aliphatic heterocycles. The van der Waals surface area contributed by atoms with E-state index in [9.17, 15) is 4.79 Å². The molecule has 5 nitrogen and oxygen atoms in total. The molecule has 1 aliphatic rings. The molecule has 2 rings (SSSR count). The van der Waals surface area contributed by atoms with Crippen molar-refractivity contribution >= 4 is 40.7 Å². The smallest absolute Gasteiger partial charge is 0.227 e. The fourth-order valence-corrected chi connectivity index (χ4v) is 2.80. The van der Waals surface area contributed by atoms with Gasteiger partial charge in [0.15, 0.2) is 0 Å². The summed E-state index contributed by atoms with van der Waals surface area (Å²) < 4.78 is 0. The summed E-state index contributed by atoms with van der Waals surface area (Å²) >= 11 is 12.0. The van der Waals surface area contributed by atoms with Crippen LogP contribution in [0.5, 0.6) is 0 Å². The number of aromatic nitrogens is 1. The van der Waals surface area contributed by atoms with Gasteiger partial charge in [-0.1, -0.05) is 23.2 Å². The number of carbonyl (C=O) groups excluding carboxylic acids is 1. The zero-order valence-electron chi connectivity index (χ0n) is 10.8. The Labute approximate surface area is 122 Å². The summed E-state index contributed by atoms with van der Waals surface area (Å²) in [5.41, 5.74) is 5.27. The molecule has 104 valence electrons. The molecule has 7 heteroatoms. The average molecular weight is 303 g/mol. The molecule has 3 N–H and O–H groups in total. The minimum absolute atomic E-state index is 0.0213. The van der Waals surface area contributed by atoms with Gasteiger partial charge in [-0.05, 0) is 19.4 Å². The van der Waals surface area contributed by atoms with Gasteiger partial charge in [-0.15, -0.1) is 0 Å². The summed E-state index contributed by atoms with van der Waals surface area (Å²) in [6.07, 6.45) is 0.743. The summed E-state index contributed by atoms with van der Waals surface area (Å²) in [6, 6.07) is 1.58. The lowest BCUT2D eigenvalue weighted by molar-refractivity contribution is -0.128. The Morgan fingerprint density at radius 1 is 1.53 bits per heavy atom. The van der Waals surface area contributed by atoms with Crippen molar-refractivity contribution in [3.05, 3.63) is 16.1 Å². The first-order valence-electron chi connectivity index (χ1n) is 5.96. The van der Waals surface area contributed by atoms with Crippen LogP contribution in [0.25, 0.3) is 0 Å². The Balaban J connectivity index is 2.26. The number of carbonyl (C=O) groups is 1. The largest absolute Gasteiger partial charge is 0.382 e. The summed E-state index contributed by atoms with van der Waals surface area (Å²) in [6.45, 7) is 3.19. The zero-order valence-corrected chi connectivity index (χ0v) is 12.3. The molecule has 1 unspecified atom stereocenters. The second-order valence-corrected chi connectivity index (χ2v) is 5.79. The van der Waals surface area contributed by atoms with E-state index in [2.05, 4.69) is 10.3 Å². The first-order valence-corrected chi connectivity index (χ1v) is 6.71. The number of nitrogens with one attached hydrogen (secondary N) is 1. The number of nitrogens with zero attached hydrogens (tertiary/aromatic N) is 2. The molecule has 1 aromatic heterocycles. The Morgan fingerprint density at radius 2 is 2.21 bits per heavy atom. The van der Waals surface area contributed by atoms with Crippen molar-refractivity contribution in [2.45, 2.75) is 13.3 Å². The van der Waals surface area contributed by atoms with Gasteiger partial charge in [0.25, 0.3) is 0 Å². The minimum Gasteiger partial charge on any atom is -0.382 e. The van der Waals surface area contributed by atoms with Crippen LogP contribution in [0.2, 0.25) is 10.0 Å². The SMILES string of the molecule is CNC(=O)C1(C)CCN(c2nc(N)c(Cl)cc2Cl)C1. The van der Waals surface area contributed by atoms with Crippen LogP contribution in [0.1, 0.15) is 13.3 Å². The number of nitrogens with two attached hydrogens (primary N) is 1. The van der Waals surface area contributed by atoms with Gasteiger partial charge in [-0.2, -0.15) is 0 Å². The van der Waals surface area contributed by atoms with Gasteiger partial charge in [0.1, 0.15) is 11.6 Å². The number of hydrogen-bond donors (Lipinski definition) is 2. The molecule has 1 atom stereocenters. The fraction of sp³-hybridized carbons (Fsp3) is 0.500. The highest BCUT2D eigenvalue weighted by atomic mass is 35.5. The maximum Gasteiger partial charge on any atom is 0.227 e. The lowest BCUT2D eigenvalue weighted by atomic mass is 9.89. The Kier molecular flexibility index (Phi) is 3.78. The first-order chi connectivity index (χ1) is 8.87. The number of rotatable bonds is 2. The molecule has 0 spiro atoms. The second kappa shape index (κ2) is 5.06. The van der Waals surface area contributed by atoms with Crippen LogP contribution in [0.3, 0.4) is 0 Å². The Hall–Kier alpha value is -1.20. The van der Waals surface area contributed by atoms with Crippen LogP contribution < -0.4 is 16.0 Å². The topological polar surface area (TPSA) is 71.2 Å². The average Bonchev–Trinajstić information content (AvgIpc) is 2.76. The van der Waals surface area contributed by atoms with E-state index in [4.69, 9.17) is 28.9 Å². The van der Waals surface area contributed by atoms with Crippen LogP contribution in [-0.4, -0.2) is 31.0 Å². The molecule has 0 saturated carbocycles. The van der Waals surface area contributed by atoms with Crippen LogP contribution >= 0.6 is 23.2 Å². The van der Waals surface area contributed by atoms with E-state index in [0.717, 1.165) is 6.42 Å². The third-order valence-corrected chi connectivity index (χ3v) is 4.07. The number of anilines is 2. The standard InChI is InChI=1S/C12H16Cl2N4O/c1-12(11(19)16-2)3-4-18(6-12)10-8(14)5-7(13)9(15)17-10/h5H,3-4,6H2,1-2H3,(H2,15,17)(H,16,19). The summed E-state index contributed by atoms with van der Waals surface area (Å²) in [5, 5.41) is 3.47. The molecule has 1 aromatic rings. The Bertz CT molecular complexity index is 523. The molecule has 0 bridgehead atoms. The fourth-order valence-electron chi connectivity index (χ4n) is 2.32. The predicted molar refractivity (Wildman–Crippen MR) is 77.7 cm³/mol. The maximum absolute atomic E-state index is 11.9. The van der Waals surface area contributed by atoms with Gasteiger partial charge in [0.2, 0.25) is 5.91 Å². The highest BCUT2D eigenvalue weighted by Crippen LogP contribution is 2.37. The van der Waals surface area contributed by atoms with E-state index < -0.39 is 5.41 Å². The van der Waals surface area contributed by atoms with Crippen molar-refractivity contribution in [3.63, 3.8) is 0 Å². The van der Waals surface area contributed by atoms with Crippen molar-refractivity contribution in [1.82, 2.24) is 10.3 Å². The number of pyridine rings is 1. The van der Waals surface area contributed by atoms with E-state index in [-0.39, 0.29) is 11.7 Å². The van der Waals surface area contributed by atoms with Crippen molar-refractivity contribution in [2.75, 3.05) is 30.8 Å². The quantitative estimate of drug-likeness (QED) is 0.876. The van der Waals surface area contributed by atoms with E-state index in [1.54, 1.807) is 13.1 Å². The maximum atomic E-state index is 11.9. The third-order valence-electron chi connectivity index (χ3n) is 3.49. The number of halogens is 2. The van der Waals surface area contributed by atoms with Crippen LogP contribution in [0, 0.1) is 5.41 Å². The van der Waals surface area contributed by atoms with Crippen LogP contribution in [0.15, 0.2) is 6.07 Å². The van der Waals surface area contributed by atoms with Crippen molar-refractivity contribution < 1.29 is 4.79 Å². The van der Waals surface area contributed by atoms with E-state index in [0.29, 0.717) is 29.0 Å². The van der Waals surface area contributed by atoms with Gasteiger partial charge < -0.3 is 16.0 Å². The summed E-state index contributed by atoms with van der Waals surface area (Å²) in [4.78, 5) is 18.1. The van der Waals surface area contributed by atoms with E-state index in [1.165, 1.54) is 0 Å². The monoisotopic (exact) mass is 302 g/mol. The molecule has 0 aromatic carbocycles. The molecule has 1 fully saturated rings. The molecular formula is C12H16Cl2N4O. The molecule has 19 heavy (non-hydrogen) atoms. The van der Waals surface area contributed by atoms with Gasteiger partial charge in [-0.3, -0.25) is 4.79 Å². The lowest BCUT2D eigenvalue weighted by Gasteiger charge is -2.24. The molecule has 0 radical (unpaired) electrons. The van der Waals surface area contributed by atoms with Gasteiger partial charge in [0.05, 0.1) is 15.5 Å². The molecule has 1 amide bonds. The van der Waals surface area contributed by atoms with Crippen molar-refractivity contribution in [2.24, 2.45) is 5.41 Å². The number of nitrogen functional groups attached to an aromatic ring is 1. The van der Waals surface area contributed by atoms with Gasteiger partial charge in [-0.25, -0.2) is 4.98 Å². The first kappa shape index (κ1) is 14.2. The van der Waals surface area contributed by atoms with Crippen LogP contribution in [-0.2, 0) is 4.79 Å². The molecule has 1 saturated heterocycles. The zero-order chi connectivity index (χ0) is 14.2. The van der Waals surface area contributed by atoms with Crippen molar-refractivity contribution in [1.29, 1.82) is 0 Å². The molecule has 2 heterocycles. The highest BCUT2D eigenvalue weighted by molar-refractivity contribution is 6.37.